The van der Waals surface area contributed by atoms with E-state index >= 15 is 0 Å². The Morgan fingerprint density at radius 3 is 2.25 bits per heavy atom. The second-order valence-corrected chi connectivity index (χ2v) is 1.51. The minimum Gasteiger partial charge on any atom is -0.398 e. The summed E-state index contributed by atoms with van der Waals surface area (Å²) in [6.45, 7) is 0. The summed E-state index contributed by atoms with van der Waals surface area (Å²) in [5, 5.41) is 8.62. The van der Waals surface area contributed by atoms with Crippen LogP contribution in [0.2, 0.25) is 0 Å². The van der Waals surface area contributed by atoms with Gasteiger partial charge in [0.05, 0.1) is 0 Å². The van der Waals surface area contributed by atoms with E-state index in [1.54, 1.807) is 12.1 Å². The molecule has 0 aliphatic heterocycles. The summed E-state index contributed by atoms with van der Waals surface area (Å²) in [4.78, 5) is 0. The van der Waals surface area contributed by atoms with Crippen molar-refractivity contribution in [3.63, 3.8) is 0 Å². The summed E-state index contributed by atoms with van der Waals surface area (Å²) in [5.74, 6) is 0. The molecule has 0 radical (unpaired) electrons. The second-order valence-electron chi connectivity index (χ2n) is 1.51. The predicted molar refractivity (Wildman–Crippen MR) is 28.2 cm³/mol. The summed E-state index contributed by atoms with van der Waals surface area (Å²) >= 11 is 0. The van der Waals surface area contributed by atoms with Crippen LogP contribution in [0.3, 0.4) is 0 Å². The summed E-state index contributed by atoms with van der Waals surface area (Å²) < 4.78 is 0.941. The van der Waals surface area contributed by atoms with Crippen molar-refractivity contribution in [1.29, 1.82) is 0 Å². The highest BCUT2D eigenvalue weighted by Crippen LogP contribution is 1.91. The van der Waals surface area contributed by atoms with Gasteiger partial charge in [-0.25, -0.2) is 0 Å². The number of rotatable bonds is 0. The first-order chi connectivity index (χ1) is 3.79. The van der Waals surface area contributed by atoms with Gasteiger partial charge in [0.15, 0.2) is 0 Å². The second kappa shape index (κ2) is 1.69. The van der Waals surface area contributed by atoms with Crippen LogP contribution in [0.25, 0.3) is 0 Å². The first kappa shape index (κ1) is 4.90. The molecule has 1 aromatic heterocycles. The number of nitrogens with two attached hydrogens (primary N) is 1. The average molecular weight is 111 g/mol. The monoisotopic (exact) mass is 111 g/mol. The maximum Gasteiger partial charge on any atom is 0.224 e. The molecule has 0 saturated carbocycles. The Labute approximate surface area is 46.9 Å². The van der Waals surface area contributed by atoms with E-state index in [2.05, 4.69) is 0 Å². The van der Waals surface area contributed by atoms with Gasteiger partial charge in [-0.15, -0.1) is 0 Å². The van der Waals surface area contributed by atoms with Gasteiger partial charge in [-0.2, -0.15) is 0 Å². The molecule has 0 aliphatic rings. The molecule has 0 unspecified atom stereocenters. The molecule has 3 heteroatoms. The van der Waals surface area contributed by atoms with Crippen LogP contribution in [0.15, 0.2) is 24.5 Å². The summed E-state index contributed by atoms with van der Waals surface area (Å²) in [6, 6.07) is 3.22. The molecule has 0 atom stereocenters. The van der Waals surface area contributed by atoms with Crippen molar-refractivity contribution in [1.82, 2.24) is 0 Å². The minimum absolute atomic E-state index is 0.648. The molecule has 1 rings (SSSR count). The maximum atomic E-state index is 8.62. The molecule has 0 bridgehead atoms. The van der Waals surface area contributed by atoms with E-state index in [-0.39, 0.29) is 0 Å². The first-order valence-electron chi connectivity index (χ1n) is 2.25. The number of pyridine rings is 1. The Morgan fingerprint density at radius 2 is 1.88 bits per heavy atom. The molecule has 0 saturated heterocycles. The standard InChI is InChI=1S/C5H6N2O/c6-5-1-3-7(8)4-2-5/h1-4,6,8H/p+1. The van der Waals surface area contributed by atoms with Crippen LogP contribution in [0.1, 0.15) is 0 Å². The zero-order valence-corrected chi connectivity index (χ0v) is 4.28. The van der Waals surface area contributed by atoms with Crippen molar-refractivity contribution < 1.29 is 9.94 Å². The van der Waals surface area contributed by atoms with Gasteiger partial charge in [0, 0.05) is 22.6 Å². The smallest absolute Gasteiger partial charge is 0.224 e. The fourth-order valence-corrected chi connectivity index (χ4v) is 0.430. The molecular weight excluding hydrogens is 104 g/mol. The highest BCUT2D eigenvalue weighted by Gasteiger charge is 1.89. The molecule has 42 valence electrons. The normalized spacial score (nSPS) is 9.00. The Bertz CT molecular complexity index is 149. The zero-order chi connectivity index (χ0) is 5.98. The molecule has 1 heterocycles. The van der Waals surface area contributed by atoms with Crippen LogP contribution >= 0.6 is 0 Å². The number of hydrogen-bond donors (Lipinski definition) is 2. The third-order valence-electron chi connectivity index (χ3n) is 0.839. The molecule has 8 heavy (non-hydrogen) atoms. The van der Waals surface area contributed by atoms with Crippen molar-refractivity contribution in [2.45, 2.75) is 0 Å². The van der Waals surface area contributed by atoms with E-state index in [0.717, 1.165) is 4.73 Å². The summed E-state index contributed by atoms with van der Waals surface area (Å²) in [5.41, 5.74) is 5.95. The highest BCUT2D eigenvalue weighted by molar-refractivity contribution is 5.32. The van der Waals surface area contributed by atoms with Crippen LogP contribution in [0.5, 0.6) is 0 Å². The van der Waals surface area contributed by atoms with Crippen molar-refractivity contribution in [2.75, 3.05) is 5.73 Å². The Balaban J connectivity index is 3.03. The number of anilines is 1. The van der Waals surface area contributed by atoms with Crippen LogP contribution in [0, 0.1) is 0 Å². The van der Waals surface area contributed by atoms with Gasteiger partial charge in [-0.1, -0.05) is 0 Å². The Kier molecular flexibility index (Phi) is 1.04. The predicted octanol–water partition coefficient (Wildman–Crippen LogP) is -0.206. The van der Waals surface area contributed by atoms with Crippen molar-refractivity contribution >= 4 is 5.69 Å². The fraction of sp³-hybridized carbons (Fsp3) is 0. The SMILES string of the molecule is Nc1cc[n+](O)cc1. The van der Waals surface area contributed by atoms with Gasteiger partial charge in [-0.05, 0) is 0 Å². The number of aromatic nitrogens is 1. The van der Waals surface area contributed by atoms with Gasteiger partial charge < -0.3 is 5.73 Å². The van der Waals surface area contributed by atoms with Gasteiger partial charge in [0.25, 0.3) is 0 Å². The Hall–Kier alpha value is -1.25. The highest BCUT2D eigenvalue weighted by atomic mass is 16.5. The third kappa shape index (κ3) is 0.872. The molecule has 0 fully saturated rings. The van der Waals surface area contributed by atoms with Crippen LogP contribution in [-0.4, -0.2) is 5.21 Å². The first-order valence-corrected chi connectivity index (χ1v) is 2.25. The van der Waals surface area contributed by atoms with Crippen molar-refractivity contribution in [3.05, 3.63) is 24.5 Å². The topological polar surface area (TPSA) is 50.1 Å². The molecule has 0 spiro atoms. The lowest BCUT2D eigenvalue weighted by molar-refractivity contribution is -0.904. The van der Waals surface area contributed by atoms with Gasteiger partial charge in [0.2, 0.25) is 12.4 Å². The maximum absolute atomic E-state index is 8.62. The molecule has 1 aromatic rings. The lowest BCUT2D eigenvalue weighted by atomic mass is 10.4. The molecule has 0 aromatic carbocycles. The van der Waals surface area contributed by atoms with Crippen LogP contribution in [-0.2, 0) is 0 Å². The average Bonchev–Trinajstić information content (AvgIpc) is 1.77. The van der Waals surface area contributed by atoms with E-state index in [1.807, 2.05) is 0 Å². The molecule has 0 amide bonds. The van der Waals surface area contributed by atoms with Crippen LogP contribution < -0.4 is 10.5 Å². The Morgan fingerprint density at radius 1 is 1.38 bits per heavy atom. The molecule has 3 nitrogen and oxygen atoms in total. The fourth-order valence-electron chi connectivity index (χ4n) is 0.430. The van der Waals surface area contributed by atoms with E-state index in [9.17, 15) is 0 Å². The van der Waals surface area contributed by atoms with E-state index in [1.165, 1.54) is 12.4 Å². The molecule has 3 N–H and O–H groups in total. The summed E-state index contributed by atoms with van der Waals surface area (Å²) in [7, 11) is 0. The zero-order valence-electron chi connectivity index (χ0n) is 4.28. The van der Waals surface area contributed by atoms with E-state index < -0.39 is 0 Å². The lowest BCUT2D eigenvalue weighted by Crippen LogP contribution is -2.27. The third-order valence-corrected chi connectivity index (χ3v) is 0.839. The lowest BCUT2D eigenvalue weighted by Gasteiger charge is -1.83. The quantitative estimate of drug-likeness (QED) is 0.359. The summed E-state index contributed by atoms with van der Waals surface area (Å²) in [6.07, 6.45) is 2.94. The van der Waals surface area contributed by atoms with Gasteiger partial charge in [0.1, 0.15) is 0 Å². The van der Waals surface area contributed by atoms with E-state index in [0.29, 0.717) is 5.69 Å². The minimum atomic E-state index is 0.648. The van der Waals surface area contributed by atoms with Gasteiger partial charge in [-0.3, -0.25) is 5.21 Å². The number of nitrogen functional groups attached to an aromatic ring is 1. The number of hydrogen-bond acceptors (Lipinski definition) is 2. The van der Waals surface area contributed by atoms with Crippen molar-refractivity contribution in [2.24, 2.45) is 0 Å². The van der Waals surface area contributed by atoms with E-state index in [4.69, 9.17) is 10.9 Å². The van der Waals surface area contributed by atoms with Crippen LogP contribution in [0.4, 0.5) is 5.69 Å². The van der Waals surface area contributed by atoms with Gasteiger partial charge >= 0.3 is 0 Å². The molecule has 0 aliphatic carbocycles. The largest absolute Gasteiger partial charge is 0.398 e. The number of nitrogens with zero attached hydrogens (tertiary/aromatic N) is 1. The molecular formula is C5H7N2O+. The van der Waals surface area contributed by atoms with Crippen molar-refractivity contribution in [3.8, 4) is 0 Å².